The van der Waals surface area contributed by atoms with Crippen LogP contribution >= 0.6 is 0 Å². The molecular weight excluding hydrogens is 332 g/mol. The fraction of sp³-hybridized carbons (Fsp3) is 0.167. The highest BCUT2D eigenvalue weighted by Gasteiger charge is 2.21. The van der Waals surface area contributed by atoms with Crippen LogP contribution in [0.4, 0.5) is 0 Å². The number of imidazole rings is 1. The number of aromatic nitrogens is 3. The van der Waals surface area contributed by atoms with Gasteiger partial charge in [0, 0.05) is 48.0 Å². The van der Waals surface area contributed by atoms with Gasteiger partial charge in [-0.1, -0.05) is 18.2 Å². The zero-order valence-electron chi connectivity index (χ0n) is 14.2. The second-order valence-corrected chi connectivity index (χ2v) is 5.81. The number of carbonyl (C=O) groups excluding carboxylic acids is 2. The van der Waals surface area contributed by atoms with Crippen LogP contribution in [-0.2, 0) is 16.0 Å². The zero-order valence-corrected chi connectivity index (χ0v) is 14.2. The zero-order chi connectivity index (χ0) is 18.5. The van der Waals surface area contributed by atoms with Crippen molar-refractivity contribution < 1.29 is 9.59 Å². The fourth-order valence-electron chi connectivity index (χ4n) is 2.69. The van der Waals surface area contributed by atoms with Crippen LogP contribution in [0.15, 0.2) is 48.7 Å². The molecule has 8 heteroatoms. The number of nitrogens with two attached hydrogens (primary N) is 1. The fourth-order valence-corrected chi connectivity index (χ4v) is 2.69. The number of amides is 2. The monoisotopic (exact) mass is 352 g/mol. The van der Waals surface area contributed by atoms with Crippen molar-refractivity contribution >= 4 is 28.8 Å². The Hall–Kier alpha value is -3.55. The number of fused-ring (bicyclic) bond motifs is 1. The normalized spacial score (nSPS) is 12.7. The van der Waals surface area contributed by atoms with Gasteiger partial charge >= 0.3 is 0 Å². The number of H-pyrrole nitrogens is 2. The van der Waals surface area contributed by atoms with Gasteiger partial charge in [0.05, 0.1) is 12.0 Å². The third kappa shape index (κ3) is 3.75. The summed E-state index contributed by atoms with van der Waals surface area (Å²) in [6, 6.07) is 6.95. The minimum absolute atomic E-state index is 0.0215. The first-order chi connectivity index (χ1) is 12.6. The maximum atomic E-state index is 12.4. The minimum Gasteiger partial charge on any atom is -0.394 e. The molecule has 0 saturated heterocycles. The highest BCUT2D eigenvalue weighted by molar-refractivity contribution is 6.01. The van der Waals surface area contributed by atoms with Gasteiger partial charge in [-0.15, -0.1) is 0 Å². The molecule has 26 heavy (non-hydrogen) atoms. The summed E-state index contributed by atoms with van der Waals surface area (Å²) in [5.74, 6) is -0.823. The van der Waals surface area contributed by atoms with Gasteiger partial charge in [-0.2, -0.15) is 0 Å². The summed E-state index contributed by atoms with van der Waals surface area (Å²) < 4.78 is 0. The molecule has 1 atom stereocenters. The number of rotatable bonds is 6. The number of hydrogen-bond acceptors (Lipinski definition) is 4. The molecule has 2 heterocycles. The Morgan fingerprint density at radius 2 is 2.12 bits per heavy atom. The third-order valence-corrected chi connectivity index (χ3v) is 4.04. The lowest BCUT2D eigenvalue weighted by molar-refractivity contribution is -0.127. The van der Waals surface area contributed by atoms with Crippen LogP contribution in [0, 0.1) is 0 Å². The quantitative estimate of drug-likeness (QED) is 0.417. The van der Waals surface area contributed by atoms with Crippen LogP contribution in [0.3, 0.4) is 0 Å². The standard InChI is InChI=1S/C18H20N6O2/c1-20-18(26)16(7-12-9-21-10-23-12)24-17(25)14(19)6-11-8-22-15-5-3-2-4-13(11)15/h2-6,8-10,16,22H,7,19H2,1H3,(H,20,26)(H,21,23)(H,24,25)/b14-6+/t16-/m0/s1. The topological polar surface area (TPSA) is 129 Å². The van der Waals surface area contributed by atoms with E-state index in [4.69, 9.17) is 5.73 Å². The summed E-state index contributed by atoms with van der Waals surface area (Å²) in [7, 11) is 1.51. The Balaban J connectivity index is 1.76. The number of aromatic amines is 2. The molecule has 2 amide bonds. The molecule has 0 radical (unpaired) electrons. The van der Waals surface area contributed by atoms with Crippen LogP contribution in [0.25, 0.3) is 17.0 Å². The van der Waals surface area contributed by atoms with Gasteiger partial charge in [0.2, 0.25) is 5.91 Å². The average molecular weight is 352 g/mol. The average Bonchev–Trinajstić information content (AvgIpc) is 3.30. The van der Waals surface area contributed by atoms with Crippen molar-refractivity contribution in [2.75, 3.05) is 7.05 Å². The van der Waals surface area contributed by atoms with Crippen LogP contribution in [-0.4, -0.2) is 39.9 Å². The van der Waals surface area contributed by atoms with Crippen molar-refractivity contribution in [2.24, 2.45) is 5.73 Å². The Labute approximate surface area is 149 Å². The van der Waals surface area contributed by atoms with Crippen molar-refractivity contribution in [2.45, 2.75) is 12.5 Å². The molecule has 0 bridgehead atoms. The summed E-state index contributed by atoms with van der Waals surface area (Å²) >= 11 is 0. The van der Waals surface area contributed by atoms with E-state index in [-0.39, 0.29) is 18.0 Å². The molecule has 6 N–H and O–H groups in total. The summed E-state index contributed by atoms with van der Waals surface area (Å²) in [4.78, 5) is 34.5. The first-order valence-corrected chi connectivity index (χ1v) is 8.11. The van der Waals surface area contributed by atoms with E-state index >= 15 is 0 Å². The molecule has 0 fully saturated rings. The SMILES string of the molecule is CNC(=O)[C@H](Cc1cnc[nH]1)NC(=O)/C(N)=C\c1c[nH]c2ccccc12. The highest BCUT2D eigenvalue weighted by Crippen LogP contribution is 2.19. The van der Waals surface area contributed by atoms with E-state index in [1.807, 2.05) is 24.3 Å². The molecule has 8 nitrogen and oxygen atoms in total. The van der Waals surface area contributed by atoms with Gasteiger partial charge < -0.3 is 26.3 Å². The third-order valence-electron chi connectivity index (χ3n) is 4.04. The first-order valence-electron chi connectivity index (χ1n) is 8.11. The Morgan fingerprint density at radius 1 is 1.31 bits per heavy atom. The van der Waals surface area contributed by atoms with Crippen molar-refractivity contribution in [1.82, 2.24) is 25.6 Å². The molecular formula is C18H20N6O2. The number of carbonyl (C=O) groups is 2. The van der Waals surface area contributed by atoms with Crippen molar-refractivity contribution in [3.8, 4) is 0 Å². The number of nitrogens with zero attached hydrogens (tertiary/aromatic N) is 1. The van der Waals surface area contributed by atoms with Gasteiger partial charge in [0.1, 0.15) is 6.04 Å². The van der Waals surface area contributed by atoms with E-state index in [9.17, 15) is 9.59 Å². The van der Waals surface area contributed by atoms with Crippen LogP contribution in [0.5, 0.6) is 0 Å². The molecule has 0 aliphatic rings. The number of likely N-dealkylation sites (N-methyl/N-ethyl adjacent to an activating group) is 1. The Bertz CT molecular complexity index is 942. The van der Waals surface area contributed by atoms with E-state index < -0.39 is 11.9 Å². The van der Waals surface area contributed by atoms with E-state index in [0.29, 0.717) is 0 Å². The number of para-hydroxylation sites is 1. The lowest BCUT2D eigenvalue weighted by atomic mass is 10.1. The number of benzene rings is 1. The Morgan fingerprint density at radius 3 is 2.85 bits per heavy atom. The predicted molar refractivity (Wildman–Crippen MR) is 98.8 cm³/mol. The molecule has 0 spiro atoms. The number of hydrogen-bond donors (Lipinski definition) is 5. The molecule has 3 rings (SSSR count). The van der Waals surface area contributed by atoms with Gasteiger partial charge in [0.15, 0.2) is 0 Å². The summed E-state index contributed by atoms with van der Waals surface area (Å²) in [5.41, 5.74) is 8.46. The lowest BCUT2D eigenvalue weighted by Gasteiger charge is -2.16. The van der Waals surface area contributed by atoms with Crippen LogP contribution in [0.1, 0.15) is 11.3 Å². The van der Waals surface area contributed by atoms with E-state index in [2.05, 4.69) is 25.6 Å². The van der Waals surface area contributed by atoms with Crippen LogP contribution < -0.4 is 16.4 Å². The van der Waals surface area contributed by atoms with Gasteiger partial charge in [-0.25, -0.2) is 4.98 Å². The lowest BCUT2D eigenvalue weighted by Crippen LogP contribution is -2.48. The molecule has 134 valence electrons. The van der Waals surface area contributed by atoms with Crippen LogP contribution in [0.2, 0.25) is 0 Å². The van der Waals surface area contributed by atoms with E-state index in [0.717, 1.165) is 22.2 Å². The molecule has 0 saturated carbocycles. The highest BCUT2D eigenvalue weighted by atomic mass is 16.2. The van der Waals surface area contributed by atoms with Crippen molar-refractivity contribution in [1.29, 1.82) is 0 Å². The molecule has 0 aliphatic carbocycles. The molecule has 0 aliphatic heterocycles. The van der Waals surface area contributed by atoms with Crippen molar-refractivity contribution in [3.63, 3.8) is 0 Å². The van der Waals surface area contributed by atoms with Crippen molar-refractivity contribution in [3.05, 3.63) is 59.9 Å². The van der Waals surface area contributed by atoms with E-state index in [1.54, 1.807) is 18.5 Å². The smallest absolute Gasteiger partial charge is 0.267 e. The Kier molecular flexibility index (Phi) is 5.02. The molecule has 3 aromatic rings. The molecule has 0 unspecified atom stereocenters. The van der Waals surface area contributed by atoms with Gasteiger partial charge in [-0.3, -0.25) is 9.59 Å². The maximum Gasteiger partial charge on any atom is 0.267 e. The van der Waals surface area contributed by atoms with Gasteiger partial charge in [0.25, 0.3) is 5.91 Å². The largest absolute Gasteiger partial charge is 0.394 e. The first kappa shape index (κ1) is 17.3. The molecule has 2 aromatic heterocycles. The second-order valence-electron chi connectivity index (χ2n) is 5.81. The minimum atomic E-state index is -0.761. The maximum absolute atomic E-state index is 12.4. The number of nitrogens with one attached hydrogen (secondary N) is 4. The molecule has 1 aromatic carbocycles. The predicted octanol–water partition coefficient (Wildman–Crippen LogP) is 0.664. The summed E-state index contributed by atoms with van der Waals surface area (Å²) in [5, 5.41) is 6.16. The van der Waals surface area contributed by atoms with Gasteiger partial charge in [-0.05, 0) is 12.1 Å². The summed E-state index contributed by atoms with van der Waals surface area (Å²) in [6.07, 6.45) is 6.78. The van der Waals surface area contributed by atoms with E-state index in [1.165, 1.54) is 13.4 Å². The second kappa shape index (κ2) is 7.56. The summed E-state index contributed by atoms with van der Waals surface area (Å²) in [6.45, 7) is 0.